The monoisotopic (exact) mass is 296 g/mol. The first kappa shape index (κ1) is 9.95. The number of cyclic esters (lactones) is 1. The van der Waals surface area contributed by atoms with Gasteiger partial charge in [-0.25, -0.2) is 4.79 Å². The number of carbonyl (C=O) groups is 1. The summed E-state index contributed by atoms with van der Waals surface area (Å²) in [5, 5.41) is 9.10. The van der Waals surface area contributed by atoms with Gasteiger partial charge in [-0.3, -0.25) is 0 Å². The second-order valence-electron chi connectivity index (χ2n) is 2.29. The van der Waals surface area contributed by atoms with E-state index in [2.05, 4.69) is 31.9 Å². The fraction of sp³-hybridized carbons (Fsp3) is 0.286. The summed E-state index contributed by atoms with van der Waals surface area (Å²) in [6, 6.07) is 0. The summed E-state index contributed by atoms with van der Waals surface area (Å²) in [6.45, 7) is 1.51. The molecule has 12 heavy (non-hydrogen) atoms. The number of aliphatic hydroxyl groups excluding tert-OH is 1. The molecule has 1 heterocycles. The number of hydrogen-bond acceptors (Lipinski definition) is 3. The Morgan fingerprint density at radius 3 is 2.50 bits per heavy atom. The van der Waals surface area contributed by atoms with E-state index in [1.165, 1.54) is 13.0 Å². The van der Waals surface area contributed by atoms with Crippen molar-refractivity contribution < 1.29 is 14.6 Å². The highest BCUT2D eigenvalue weighted by Crippen LogP contribution is 2.28. The van der Waals surface area contributed by atoms with Gasteiger partial charge in [-0.05, 0) is 44.9 Å². The van der Waals surface area contributed by atoms with E-state index in [-0.39, 0.29) is 5.57 Å². The molecular formula is C7H6Br2O3. The molecule has 3 nitrogen and oxygen atoms in total. The van der Waals surface area contributed by atoms with Crippen LogP contribution in [-0.4, -0.2) is 17.2 Å². The van der Waals surface area contributed by atoms with Gasteiger partial charge in [0.15, 0.2) is 5.76 Å². The van der Waals surface area contributed by atoms with Crippen LogP contribution in [-0.2, 0) is 9.53 Å². The predicted molar refractivity (Wildman–Crippen MR) is 50.7 cm³/mol. The van der Waals surface area contributed by atoms with E-state index in [1.54, 1.807) is 0 Å². The molecule has 1 aliphatic heterocycles. The van der Waals surface area contributed by atoms with Gasteiger partial charge < -0.3 is 9.84 Å². The van der Waals surface area contributed by atoms with E-state index in [9.17, 15) is 4.79 Å². The number of esters is 1. The Balaban J connectivity index is 2.97. The Hall–Kier alpha value is -0.130. The van der Waals surface area contributed by atoms with Crippen molar-refractivity contribution in [2.45, 2.75) is 13.0 Å². The van der Waals surface area contributed by atoms with E-state index < -0.39 is 12.1 Å². The minimum Gasteiger partial charge on any atom is -0.421 e. The Morgan fingerprint density at radius 2 is 2.25 bits per heavy atom. The maximum Gasteiger partial charge on any atom is 0.342 e. The molecule has 0 saturated carbocycles. The number of ether oxygens (including phenoxy) is 1. The molecule has 0 fully saturated rings. The summed E-state index contributed by atoms with van der Waals surface area (Å²) in [7, 11) is 0. The third kappa shape index (κ3) is 1.97. The Bertz CT molecular complexity index is 274. The quantitative estimate of drug-likeness (QED) is 0.751. The standard InChI is InChI=1S/C7H6Br2O3/c1-3(10)4-2-5(6(8)9)12-7(4)11/h2-3,10H,1H3. The number of aliphatic hydroxyl groups is 1. The lowest BCUT2D eigenvalue weighted by Crippen LogP contribution is -2.11. The van der Waals surface area contributed by atoms with Crippen molar-refractivity contribution in [2.75, 3.05) is 0 Å². The highest BCUT2D eigenvalue weighted by molar-refractivity contribution is 9.28. The highest BCUT2D eigenvalue weighted by atomic mass is 79.9. The molecule has 0 saturated heterocycles. The molecule has 5 heteroatoms. The van der Waals surface area contributed by atoms with Crippen molar-refractivity contribution in [1.29, 1.82) is 0 Å². The van der Waals surface area contributed by atoms with Gasteiger partial charge in [-0.15, -0.1) is 0 Å². The summed E-state index contributed by atoms with van der Waals surface area (Å²) >= 11 is 6.20. The van der Waals surface area contributed by atoms with Gasteiger partial charge in [-0.1, -0.05) is 0 Å². The van der Waals surface area contributed by atoms with Crippen LogP contribution in [0.4, 0.5) is 0 Å². The fourth-order valence-electron chi connectivity index (χ4n) is 0.773. The van der Waals surface area contributed by atoms with Gasteiger partial charge >= 0.3 is 5.97 Å². The molecular weight excluding hydrogens is 292 g/mol. The molecule has 0 spiro atoms. The fourth-order valence-corrected chi connectivity index (χ4v) is 1.16. The third-order valence-electron chi connectivity index (χ3n) is 1.36. The van der Waals surface area contributed by atoms with Gasteiger partial charge in [0.1, 0.15) is 3.39 Å². The topological polar surface area (TPSA) is 46.5 Å². The molecule has 1 unspecified atom stereocenters. The van der Waals surface area contributed by atoms with Crippen LogP contribution in [0, 0.1) is 0 Å². The summed E-state index contributed by atoms with van der Waals surface area (Å²) in [5.74, 6) is -0.118. The van der Waals surface area contributed by atoms with Crippen molar-refractivity contribution in [2.24, 2.45) is 0 Å². The molecule has 1 atom stereocenters. The molecule has 0 aromatic rings. The summed E-state index contributed by atoms with van der Waals surface area (Å²) in [5.41, 5.74) is 0.265. The molecule has 0 aromatic heterocycles. The van der Waals surface area contributed by atoms with Crippen LogP contribution < -0.4 is 0 Å². The molecule has 1 rings (SSSR count). The first-order valence-electron chi connectivity index (χ1n) is 3.19. The maximum atomic E-state index is 11.0. The molecule has 0 amide bonds. The van der Waals surface area contributed by atoms with Crippen LogP contribution in [0.2, 0.25) is 0 Å². The number of hydrogen-bond donors (Lipinski definition) is 1. The van der Waals surface area contributed by atoms with Gasteiger partial charge in [0.2, 0.25) is 0 Å². The van der Waals surface area contributed by atoms with Crippen molar-refractivity contribution in [3.63, 3.8) is 0 Å². The van der Waals surface area contributed by atoms with Gasteiger partial charge in [-0.2, -0.15) is 0 Å². The zero-order chi connectivity index (χ0) is 9.30. The zero-order valence-electron chi connectivity index (χ0n) is 6.17. The Morgan fingerprint density at radius 1 is 1.67 bits per heavy atom. The second-order valence-corrected chi connectivity index (χ2v) is 4.94. The van der Waals surface area contributed by atoms with Crippen molar-refractivity contribution in [3.05, 3.63) is 20.8 Å². The van der Waals surface area contributed by atoms with Gasteiger partial charge in [0.25, 0.3) is 0 Å². The minimum atomic E-state index is -0.797. The summed E-state index contributed by atoms with van der Waals surface area (Å²) in [4.78, 5) is 11.0. The molecule has 1 aliphatic rings. The van der Waals surface area contributed by atoms with E-state index in [4.69, 9.17) is 9.84 Å². The van der Waals surface area contributed by atoms with Crippen molar-refractivity contribution in [1.82, 2.24) is 0 Å². The Labute approximate surface area is 86.3 Å². The first-order valence-corrected chi connectivity index (χ1v) is 4.78. The van der Waals surface area contributed by atoms with Crippen molar-refractivity contribution in [3.8, 4) is 0 Å². The zero-order valence-corrected chi connectivity index (χ0v) is 9.35. The molecule has 0 bridgehead atoms. The summed E-state index contributed by atoms with van der Waals surface area (Å²) < 4.78 is 5.35. The van der Waals surface area contributed by atoms with Crippen LogP contribution in [0.3, 0.4) is 0 Å². The Kier molecular flexibility index (Phi) is 3.09. The van der Waals surface area contributed by atoms with E-state index in [1.807, 2.05) is 0 Å². The largest absolute Gasteiger partial charge is 0.421 e. The second kappa shape index (κ2) is 3.72. The summed E-state index contributed by atoms with van der Waals surface area (Å²) in [6.07, 6.45) is 0.695. The van der Waals surface area contributed by atoms with Crippen LogP contribution in [0.5, 0.6) is 0 Å². The van der Waals surface area contributed by atoms with Crippen LogP contribution in [0.15, 0.2) is 20.8 Å². The van der Waals surface area contributed by atoms with Gasteiger partial charge in [0.05, 0.1) is 11.7 Å². The maximum absolute atomic E-state index is 11.0. The lowest BCUT2D eigenvalue weighted by Gasteiger charge is -1.99. The number of allylic oxidation sites excluding steroid dienone is 1. The van der Waals surface area contributed by atoms with E-state index in [0.29, 0.717) is 9.15 Å². The van der Waals surface area contributed by atoms with Crippen LogP contribution >= 0.6 is 31.9 Å². The van der Waals surface area contributed by atoms with Crippen molar-refractivity contribution >= 4 is 37.8 Å². The molecule has 0 aliphatic carbocycles. The molecule has 0 radical (unpaired) electrons. The number of rotatable bonds is 1. The smallest absolute Gasteiger partial charge is 0.342 e. The number of halogens is 2. The average Bonchev–Trinajstić information content (AvgIpc) is 2.30. The van der Waals surface area contributed by atoms with Crippen LogP contribution in [0.1, 0.15) is 6.92 Å². The molecule has 1 N–H and O–H groups in total. The first-order chi connectivity index (χ1) is 5.52. The van der Waals surface area contributed by atoms with E-state index in [0.717, 1.165) is 0 Å². The third-order valence-corrected chi connectivity index (χ3v) is 2.14. The normalized spacial score (nSPS) is 18.8. The van der Waals surface area contributed by atoms with Gasteiger partial charge in [0, 0.05) is 0 Å². The van der Waals surface area contributed by atoms with Crippen LogP contribution in [0.25, 0.3) is 0 Å². The average molecular weight is 298 g/mol. The molecule has 66 valence electrons. The lowest BCUT2D eigenvalue weighted by molar-refractivity contribution is -0.134. The minimum absolute atomic E-state index is 0.265. The van der Waals surface area contributed by atoms with E-state index >= 15 is 0 Å². The molecule has 0 aromatic carbocycles. The highest BCUT2D eigenvalue weighted by Gasteiger charge is 2.25. The number of carbonyl (C=O) groups excluding carboxylic acids is 1. The lowest BCUT2D eigenvalue weighted by atomic mass is 10.2. The predicted octanol–water partition coefficient (Wildman–Crippen LogP) is 1.81. The SMILES string of the molecule is CC(O)C1=CC(=C(Br)Br)OC1=O.